The minimum absolute atomic E-state index is 0.0427. The third kappa shape index (κ3) is 7.06. The van der Waals surface area contributed by atoms with Gasteiger partial charge in [0.2, 0.25) is 0 Å². The van der Waals surface area contributed by atoms with Crippen LogP contribution < -0.4 is 0 Å². The maximum absolute atomic E-state index is 13.1. The van der Waals surface area contributed by atoms with Crippen LogP contribution in [-0.2, 0) is 48.5 Å². The lowest BCUT2D eigenvalue weighted by molar-refractivity contribution is -0.143. The topological polar surface area (TPSA) is 113 Å². The van der Waals surface area contributed by atoms with Crippen molar-refractivity contribution in [2.75, 3.05) is 19.0 Å². The molecule has 44 heavy (non-hydrogen) atoms. The number of nitrogens with zero attached hydrogens (tertiary/aromatic N) is 4. The Morgan fingerprint density at radius 2 is 1.91 bits per heavy atom. The summed E-state index contributed by atoms with van der Waals surface area (Å²) >= 11 is 5.94. The van der Waals surface area contributed by atoms with E-state index in [1.807, 2.05) is 74.5 Å². The van der Waals surface area contributed by atoms with E-state index in [0.29, 0.717) is 12.4 Å². The van der Waals surface area contributed by atoms with Gasteiger partial charge in [-0.25, -0.2) is 4.68 Å². The van der Waals surface area contributed by atoms with Crippen LogP contribution in [0.15, 0.2) is 72.7 Å². The lowest BCUT2D eigenvalue weighted by Crippen LogP contribution is -2.36. The molecule has 0 aliphatic carbocycles. The van der Waals surface area contributed by atoms with Crippen LogP contribution >= 0.6 is 11.6 Å². The number of aromatic nitrogens is 3. The van der Waals surface area contributed by atoms with Crippen molar-refractivity contribution in [3.8, 4) is 0 Å². The summed E-state index contributed by atoms with van der Waals surface area (Å²) in [5.74, 6) is -0.320. The van der Waals surface area contributed by atoms with Crippen LogP contribution in [0.5, 0.6) is 0 Å². The second-order valence-corrected chi connectivity index (χ2v) is 12.4. The summed E-state index contributed by atoms with van der Waals surface area (Å²) in [6.45, 7) is 6.84. The number of carbonyl (C=O) groups is 1. The van der Waals surface area contributed by atoms with Gasteiger partial charge in [0, 0.05) is 31.0 Å². The molecule has 12 heteroatoms. The molecule has 1 aromatic heterocycles. The SMILES string of the molecule is CCOC(=O)CC(c1ccc(C)c(CN2CC=C(OCc3ccccc3)OS2(=O)=O)c1)c1ccc2c(nnn2CCCl)c1C. The fourth-order valence-corrected chi connectivity index (χ4v) is 6.43. The van der Waals surface area contributed by atoms with Gasteiger partial charge >= 0.3 is 16.3 Å². The Labute approximate surface area is 262 Å². The van der Waals surface area contributed by atoms with Gasteiger partial charge in [0.25, 0.3) is 5.95 Å². The molecule has 1 atom stereocenters. The summed E-state index contributed by atoms with van der Waals surface area (Å²) in [6, 6.07) is 19.2. The number of halogens is 1. The number of ether oxygens (including phenoxy) is 2. The van der Waals surface area contributed by atoms with Crippen molar-refractivity contribution in [2.45, 2.75) is 52.8 Å². The summed E-state index contributed by atoms with van der Waals surface area (Å²) in [5, 5.41) is 8.63. The second kappa shape index (κ2) is 13.8. The van der Waals surface area contributed by atoms with Crippen LogP contribution in [0.3, 0.4) is 0 Å². The van der Waals surface area contributed by atoms with Crippen LogP contribution in [0, 0.1) is 13.8 Å². The smallest absolute Gasteiger partial charge is 0.388 e. The molecule has 10 nitrogen and oxygen atoms in total. The molecule has 0 N–H and O–H groups in total. The molecule has 1 aliphatic heterocycles. The van der Waals surface area contributed by atoms with E-state index >= 15 is 0 Å². The van der Waals surface area contributed by atoms with Gasteiger partial charge in [0.15, 0.2) is 0 Å². The van der Waals surface area contributed by atoms with Gasteiger partial charge in [0.1, 0.15) is 12.1 Å². The number of hydrogen-bond acceptors (Lipinski definition) is 8. The van der Waals surface area contributed by atoms with Crippen LogP contribution in [0.4, 0.5) is 0 Å². The zero-order valence-corrected chi connectivity index (χ0v) is 26.5. The van der Waals surface area contributed by atoms with Gasteiger partial charge in [-0.15, -0.1) is 16.7 Å². The molecule has 1 unspecified atom stereocenters. The highest BCUT2D eigenvalue weighted by Gasteiger charge is 2.31. The van der Waals surface area contributed by atoms with Crippen LogP contribution in [-0.4, -0.2) is 52.7 Å². The van der Waals surface area contributed by atoms with E-state index in [1.165, 1.54) is 4.31 Å². The normalized spacial score (nSPS) is 15.4. The Balaban J connectivity index is 1.42. The molecule has 2 heterocycles. The second-order valence-electron chi connectivity index (χ2n) is 10.5. The fourth-order valence-electron chi connectivity index (χ4n) is 5.28. The number of alkyl halides is 1. The average Bonchev–Trinajstić information content (AvgIpc) is 3.42. The molecule has 0 saturated heterocycles. The van der Waals surface area contributed by atoms with E-state index < -0.39 is 10.3 Å². The van der Waals surface area contributed by atoms with Crippen LogP contribution in [0.25, 0.3) is 11.0 Å². The van der Waals surface area contributed by atoms with Gasteiger partial charge in [-0.2, -0.15) is 12.7 Å². The molecule has 4 aromatic rings. The quantitative estimate of drug-likeness (QED) is 0.148. The Bertz CT molecular complexity index is 1770. The Hall–Kier alpha value is -3.93. The zero-order valence-electron chi connectivity index (χ0n) is 24.9. The Morgan fingerprint density at radius 3 is 2.64 bits per heavy atom. The summed E-state index contributed by atoms with van der Waals surface area (Å²) < 4.78 is 45.4. The minimum atomic E-state index is -4.10. The van der Waals surface area contributed by atoms with E-state index in [1.54, 1.807) is 17.7 Å². The standard InChI is InChI=1S/C32H35ClN4O6S/c1-4-41-30(38)19-28(27-12-13-29-32(23(27)3)34-35-37(29)17-15-33)25-11-10-22(2)26(18-25)20-36-16-14-31(43-44(36,39)40)42-21-24-8-6-5-7-9-24/h5-14,18,28H,4,15-17,19-21H2,1-3H3. The number of esters is 1. The van der Waals surface area contributed by atoms with Gasteiger partial charge in [-0.1, -0.05) is 59.8 Å². The van der Waals surface area contributed by atoms with Crippen molar-refractivity contribution in [3.63, 3.8) is 0 Å². The van der Waals surface area contributed by atoms with Gasteiger partial charge in [-0.05, 0) is 60.2 Å². The largest absolute Gasteiger partial charge is 0.466 e. The van der Waals surface area contributed by atoms with Crippen molar-refractivity contribution >= 4 is 38.9 Å². The Kier molecular flexibility index (Phi) is 9.87. The first-order chi connectivity index (χ1) is 21.2. The molecule has 0 radical (unpaired) electrons. The fraction of sp³-hybridized carbons (Fsp3) is 0.344. The number of carbonyl (C=O) groups excluding carboxylic acids is 1. The molecular formula is C32H35ClN4O6S. The predicted molar refractivity (Wildman–Crippen MR) is 167 cm³/mol. The van der Waals surface area contributed by atoms with Gasteiger partial charge < -0.3 is 13.7 Å². The lowest BCUT2D eigenvalue weighted by atomic mass is 9.84. The molecule has 0 saturated carbocycles. The van der Waals surface area contributed by atoms with Gasteiger partial charge in [-0.3, -0.25) is 4.79 Å². The summed E-state index contributed by atoms with van der Waals surface area (Å²) in [7, 11) is -4.10. The first-order valence-electron chi connectivity index (χ1n) is 14.4. The molecular weight excluding hydrogens is 604 g/mol. The molecule has 3 aromatic carbocycles. The highest BCUT2D eigenvalue weighted by Crippen LogP contribution is 2.35. The van der Waals surface area contributed by atoms with E-state index in [-0.39, 0.29) is 50.6 Å². The minimum Gasteiger partial charge on any atom is -0.466 e. The lowest BCUT2D eigenvalue weighted by Gasteiger charge is -2.26. The van der Waals surface area contributed by atoms with Crippen LogP contribution in [0.1, 0.15) is 52.6 Å². The number of aryl methyl sites for hydroxylation is 3. The van der Waals surface area contributed by atoms with E-state index in [2.05, 4.69) is 10.3 Å². The first-order valence-corrected chi connectivity index (χ1v) is 16.3. The number of rotatable bonds is 12. The molecule has 5 rings (SSSR count). The van der Waals surface area contributed by atoms with E-state index in [0.717, 1.165) is 44.4 Å². The predicted octanol–water partition coefficient (Wildman–Crippen LogP) is 5.51. The average molecular weight is 639 g/mol. The third-order valence-corrected chi connectivity index (χ3v) is 9.10. The van der Waals surface area contributed by atoms with Crippen molar-refractivity contribution in [1.82, 2.24) is 19.3 Å². The molecule has 0 fully saturated rings. The highest BCUT2D eigenvalue weighted by atomic mass is 35.5. The molecule has 0 amide bonds. The molecule has 1 aliphatic rings. The van der Waals surface area contributed by atoms with Crippen molar-refractivity contribution in [3.05, 3.63) is 106 Å². The third-order valence-electron chi connectivity index (χ3n) is 7.64. The summed E-state index contributed by atoms with van der Waals surface area (Å²) in [6.07, 6.45) is 1.72. The molecule has 232 valence electrons. The highest BCUT2D eigenvalue weighted by molar-refractivity contribution is 7.84. The summed E-state index contributed by atoms with van der Waals surface area (Å²) in [4.78, 5) is 12.8. The maximum Gasteiger partial charge on any atom is 0.388 e. The van der Waals surface area contributed by atoms with Crippen molar-refractivity contribution < 1.29 is 26.9 Å². The van der Waals surface area contributed by atoms with Gasteiger partial charge in [0.05, 0.1) is 25.1 Å². The van der Waals surface area contributed by atoms with Crippen molar-refractivity contribution in [2.24, 2.45) is 0 Å². The first kappa shape index (κ1) is 31.5. The van der Waals surface area contributed by atoms with E-state index in [9.17, 15) is 13.2 Å². The number of hydrogen-bond donors (Lipinski definition) is 0. The summed E-state index contributed by atoms with van der Waals surface area (Å²) in [5.41, 5.74) is 6.87. The van der Waals surface area contributed by atoms with E-state index in [4.69, 9.17) is 25.3 Å². The number of benzene rings is 3. The Morgan fingerprint density at radius 1 is 1.11 bits per heavy atom. The zero-order chi connectivity index (χ0) is 31.3. The molecule has 0 spiro atoms. The number of fused-ring (bicyclic) bond motifs is 1. The molecule has 0 bridgehead atoms. The maximum atomic E-state index is 13.1. The monoisotopic (exact) mass is 638 g/mol. The van der Waals surface area contributed by atoms with Crippen LogP contribution in [0.2, 0.25) is 0 Å². The van der Waals surface area contributed by atoms with Crippen molar-refractivity contribution in [1.29, 1.82) is 0 Å².